The van der Waals surface area contributed by atoms with Crippen LogP contribution in [-0.4, -0.2) is 29.6 Å². The third-order valence-electron chi connectivity index (χ3n) is 5.71. The van der Waals surface area contributed by atoms with Gasteiger partial charge in [0.1, 0.15) is 5.82 Å². The Hall–Kier alpha value is -2.01. The van der Waals surface area contributed by atoms with Gasteiger partial charge in [0.2, 0.25) is 5.95 Å². The Labute approximate surface area is 166 Å². The highest BCUT2D eigenvalue weighted by Gasteiger charge is 2.27. The van der Waals surface area contributed by atoms with Crippen molar-refractivity contribution in [3.05, 3.63) is 40.5 Å². The van der Waals surface area contributed by atoms with E-state index < -0.39 is 0 Å². The fraction of sp³-hybridized carbons (Fsp3) is 0.524. The molecule has 0 aliphatic carbocycles. The molecule has 6 heteroatoms. The largest absolute Gasteiger partial charge is 0.372 e. The summed E-state index contributed by atoms with van der Waals surface area (Å²) < 4.78 is 0. The average Bonchev–Trinajstić information content (AvgIpc) is 3.06. The summed E-state index contributed by atoms with van der Waals surface area (Å²) in [5.74, 6) is 1.25. The molecule has 0 amide bonds. The molecule has 1 unspecified atom stereocenters. The van der Waals surface area contributed by atoms with E-state index in [4.69, 9.17) is 17.3 Å². The van der Waals surface area contributed by atoms with Gasteiger partial charge in [0.25, 0.3) is 0 Å². The lowest BCUT2D eigenvalue weighted by molar-refractivity contribution is 0.596. The van der Waals surface area contributed by atoms with Gasteiger partial charge in [-0.3, -0.25) is 0 Å². The Morgan fingerprint density at radius 3 is 2.56 bits per heavy atom. The van der Waals surface area contributed by atoms with Crippen LogP contribution in [0.4, 0.5) is 17.5 Å². The Bertz CT molecular complexity index is 783. The number of benzene rings is 1. The number of halogens is 1. The first-order chi connectivity index (χ1) is 13.1. The van der Waals surface area contributed by atoms with Crippen molar-refractivity contribution < 1.29 is 0 Å². The van der Waals surface area contributed by atoms with Crippen LogP contribution in [0.1, 0.15) is 55.8 Å². The predicted octanol–water partition coefficient (Wildman–Crippen LogP) is 4.74. The molecule has 2 saturated heterocycles. The van der Waals surface area contributed by atoms with Crippen LogP contribution in [-0.2, 0) is 0 Å². The molecule has 144 valence electrons. The zero-order valence-electron chi connectivity index (χ0n) is 16.0. The first-order valence-corrected chi connectivity index (χ1v) is 10.4. The van der Waals surface area contributed by atoms with Crippen molar-refractivity contribution >= 4 is 29.1 Å². The fourth-order valence-electron chi connectivity index (χ4n) is 4.39. The van der Waals surface area contributed by atoms with Crippen molar-refractivity contribution in [3.8, 4) is 0 Å². The summed E-state index contributed by atoms with van der Waals surface area (Å²) >= 11 is 6.70. The number of anilines is 3. The van der Waals surface area contributed by atoms with Gasteiger partial charge in [0.05, 0.1) is 6.04 Å². The molecule has 2 aliphatic heterocycles. The highest BCUT2D eigenvalue weighted by Crippen LogP contribution is 2.39. The summed E-state index contributed by atoms with van der Waals surface area (Å²) in [6, 6.07) is 8.77. The topological polar surface area (TPSA) is 58.3 Å². The second-order valence-electron chi connectivity index (χ2n) is 7.68. The van der Waals surface area contributed by atoms with E-state index in [-0.39, 0.29) is 6.04 Å². The van der Waals surface area contributed by atoms with E-state index in [0.717, 1.165) is 49.0 Å². The molecule has 1 atom stereocenters. The number of aromatic nitrogens is 2. The second-order valence-corrected chi connectivity index (χ2v) is 8.09. The number of aryl methyl sites for hydroxylation is 1. The maximum absolute atomic E-state index is 6.70. The number of rotatable bonds is 3. The smallest absolute Gasteiger partial charge is 0.222 e. The highest BCUT2D eigenvalue weighted by atomic mass is 35.5. The summed E-state index contributed by atoms with van der Waals surface area (Å²) in [6.07, 6.45) is 7.20. The van der Waals surface area contributed by atoms with Crippen molar-refractivity contribution in [2.45, 2.75) is 51.5 Å². The van der Waals surface area contributed by atoms with Gasteiger partial charge in [-0.1, -0.05) is 24.4 Å². The van der Waals surface area contributed by atoms with Crippen molar-refractivity contribution in [3.63, 3.8) is 0 Å². The number of nitrogen functional groups attached to an aromatic ring is 1. The SMILES string of the molecule is Cc1cc(N2CCCCCC2c2cc(N3CCCC3)ccc2Cl)nc(N)n1. The van der Waals surface area contributed by atoms with Gasteiger partial charge in [-0.2, -0.15) is 4.98 Å². The van der Waals surface area contributed by atoms with Crippen molar-refractivity contribution in [2.75, 3.05) is 35.2 Å². The first kappa shape index (κ1) is 18.4. The van der Waals surface area contributed by atoms with Gasteiger partial charge in [-0.05, 0) is 56.4 Å². The molecule has 4 rings (SSSR count). The minimum Gasteiger partial charge on any atom is -0.372 e. The summed E-state index contributed by atoms with van der Waals surface area (Å²) in [5.41, 5.74) is 9.34. The molecule has 0 saturated carbocycles. The normalized spacial score (nSPS) is 20.7. The van der Waals surface area contributed by atoms with Gasteiger partial charge >= 0.3 is 0 Å². The molecule has 2 N–H and O–H groups in total. The standard InChI is InChI=1S/C21H28ClN5/c1-15-13-20(25-21(23)24-15)27-12-4-2-3-7-19(27)17-14-16(8-9-18(17)22)26-10-5-6-11-26/h8-9,13-14,19H,2-7,10-12H2,1H3,(H2,23,24,25). The maximum atomic E-state index is 6.70. The maximum Gasteiger partial charge on any atom is 0.222 e. The van der Waals surface area contributed by atoms with Crippen LogP contribution in [0.15, 0.2) is 24.3 Å². The summed E-state index contributed by atoms with van der Waals surface area (Å²) in [5, 5.41) is 0.841. The minimum atomic E-state index is 0.219. The molecule has 1 aromatic heterocycles. The molecule has 5 nitrogen and oxygen atoms in total. The van der Waals surface area contributed by atoms with Crippen LogP contribution in [0, 0.1) is 6.92 Å². The fourth-order valence-corrected chi connectivity index (χ4v) is 4.63. The Morgan fingerprint density at radius 2 is 1.78 bits per heavy atom. The van der Waals surface area contributed by atoms with Crippen molar-refractivity contribution in [1.29, 1.82) is 0 Å². The lowest BCUT2D eigenvalue weighted by atomic mass is 9.99. The molecule has 0 spiro atoms. The third kappa shape index (κ3) is 3.98. The van der Waals surface area contributed by atoms with Crippen LogP contribution in [0.25, 0.3) is 0 Å². The molecule has 2 aliphatic rings. The molecule has 1 aromatic carbocycles. The number of nitrogens with zero attached hydrogens (tertiary/aromatic N) is 4. The lowest BCUT2D eigenvalue weighted by Crippen LogP contribution is -2.30. The van der Waals surface area contributed by atoms with Gasteiger partial charge < -0.3 is 15.5 Å². The van der Waals surface area contributed by atoms with E-state index in [1.807, 2.05) is 13.0 Å². The highest BCUT2D eigenvalue weighted by molar-refractivity contribution is 6.31. The van der Waals surface area contributed by atoms with Crippen LogP contribution < -0.4 is 15.5 Å². The molecule has 0 radical (unpaired) electrons. The van der Waals surface area contributed by atoms with Gasteiger partial charge in [0.15, 0.2) is 0 Å². The quantitative estimate of drug-likeness (QED) is 0.826. The lowest BCUT2D eigenvalue weighted by Gasteiger charge is -2.33. The van der Waals surface area contributed by atoms with E-state index >= 15 is 0 Å². The monoisotopic (exact) mass is 385 g/mol. The average molecular weight is 386 g/mol. The van der Waals surface area contributed by atoms with E-state index in [1.54, 1.807) is 0 Å². The summed E-state index contributed by atoms with van der Waals surface area (Å²) in [7, 11) is 0. The van der Waals surface area contributed by atoms with Crippen LogP contribution in [0.5, 0.6) is 0 Å². The van der Waals surface area contributed by atoms with Gasteiger partial charge in [-0.15, -0.1) is 0 Å². The zero-order valence-corrected chi connectivity index (χ0v) is 16.8. The molecule has 2 fully saturated rings. The zero-order chi connectivity index (χ0) is 18.8. The van der Waals surface area contributed by atoms with Crippen LogP contribution in [0.3, 0.4) is 0 Å². The van der Waals surface area contributed by atoms with E-state index in [0.29, 0.717) is 5.95 Å². The Morgan fingerprint density at radius 1 is 1.00 bits per heavy atom. The van der Waals surface area contributed by atoms with Crippen LogP contribution in [0.2, 0.25) is 5.02 Å². The van der Waals surface area contributed by atoms with E-state index in [1.165, 1.54) is 36.9 Å². The molecule has 2 aromatic rings. The van der Waals surface area contributed by atoms with E-state index in [2.05, 4.69) is 38.0 Å². The van der Waals surface area contributed by atoms with Crippen molar-refractivity contribution in [2.24, 2.45) is 0 Å². The Balaban J connectivity index is 1.73. The number of nitrogens with two attached hydrogens (primary N) is 1. The number of hydrogen-bond donors (Lipinski definition) is 1. The first-order valence-electron chi connectivity index (χ1n) is 10.0. The Kier molecular flexibility index (Phi) is 5.39. The van der Waals surface area contributed by atoms with Crippen LogP contribution >= 0.6 is 11.6 Å². The molecule has 0 bridgehead atoms. The third-order valence-corrected chi connectivity index (χ3v) is 6.06. The number of hydrogen-bond acceptors (Lipinski definition) is 5. The minimum absolute atomic E-state index is 0.219. The molecular weight excluding hydrogens is 358 g/mol. The van der Waals surface area contributed by atoms with Gasteiger partial charge in [0, 0.05) is 42.1 Å². The summed E-state index contributed by atoms with van der Waals surface area (Å²) in [4.78, 5) is 13.6. The summed E-state index contributed by atoms with van der Waals surface area (Å²) in [6.45, 7) is 5.20. The van der Waals surface area contributed by atoms with E-state index in [9.17, 15) is 0 Å². The molecule has 3 heterocycles. The molecular formula is C21H28ClN5. The van der Waals surface area contributed by atoms with Gasteiger partial charge in [-0.25, -0.2) is 4.98 Å². The second kappa shape index (κ2) is 7.93. The van der Waals surface area contributed by atoms with Crippen molar-refractivity contribution in [1.82, 2.24) is 9.97 Å². The predicted molar refractivity (Wildman–Crippen MR) is 113 cm³/mol. The molecule has 27 heavy (non-hydrogen) atoms.